The van der Waals surface area contributed by atoms with Gasteiger partial charge in [-0.2, -0.15) is 4.99 Å². The molecule has 1 heterocycles. The fourth-order valence-electron chi connectivity index (χ4n) is 7.33. The van der Waals surface area contributed by atoms with Gasteiger partial charge in [0, 0.05) is 47.1 Å². The van der Waals surface area contributed by atoms with Gasteiger partial charge >= 0.3 is 5.97 Å². The Kier molecular flexibility index (Phi) is 23.2. The molecule has 6 rings (SSSR count). The Morgan fingerprint density at radius 1 is 0.692 bits per heavy atom. The zero-order valence-electron chi connectivity index (χ0n) is 38.4. The molecule has 0 bridgehead atoms. The summed E-state index contributed by atoms with van der Waals surface area (Å²) in [7, 11) is 1.93. The number of carbonyl (C=O) groups is 1. The summed E-state index contributed by atoms with van der Waals surface area (Å²) in [4.78, 5) is 27.6. The summed E-state index contributed by atoms with van der Waals surface area (Å²) in [6, 6.07) is 29.3. The minimum absolute atomic E-state index is 0.0102. The molecule has 0 saturated carbocycles. The molecule has 0 unspecified atom stereocenters. The molecule has 0 spiro atoms. The molecule has 65 heavy (non-hydrogen) atoms. The van der Waals surface area contributed by atoms with Crippen LogP contribution >= 0.6 is 12.2 Å². The molecular weight excluding hydrogens is 835 g/mol. The van der Waals surface area contributed by atoms with Gasteiger partial charge in [-0.25, -0.2) is 4.79 Å². The molecule has 0 amide bonds. The first kappa shape index (κ1) is 51.5. The average molecular weight is 902 g/mol. The van der Waals surface area contributed by atoms with Crippen molar-refractivity contribution < 1.29 is 28.9 Å². The van der Waals surface area contributed by atoms with Gasteiger partial charge in [0.05, 0.1) is 29.6 Å². The molecule has 0 radical (unpaired) electrons. The lowest BCUT2D eigenvalue weighted by Gasteiger charge is -2.16. The first-order chi connectivity index (χ1) is 31.7. The van der Waals surface area contributed by atoms with Crippen molar-refractivity contribution >= 4 is 51.4 Å². The van der Waals surface area contributed by atoms with Gasteiger partial charge in [0.1, 0.15) is 28.6 Å². The van der Waals surface area contributed by atoms with Gasteiger partial charge in [-0.1, -0.05) is 110 Å². The number of rotatable bonds is 24. The van der Waals surface area contributed by atoms with Crippen molar-refractivity contribution in [3.05, 3.63) is 119 Å². The van der Waals surface area contributed by atoms with Crippen molar-refractivity contribution in [1.29, 1.82) is 0 Å². The summed E-state index contributed by atoms with van der Waals surface area (Å²) in [6.45, 7) is 6.18. The quantitative estimate of drug-likeness (QED) is 0.0152. The number of fused-ring (bicyclic) bond motifs is 2. The summed E-state index contributed by atoms with van der Waals surface area (Å²) in [6.07, 6.45) is 21.4. The van der Waals surface area contributed by atoms with E-state index in [9.17, 15) is 19.8 Å². The number of nitrogens with two attached hydrogens (primary N) is 1. The van der Waals surface area contributed by atoms with Gasteiger partial charge in [-0.3, -0.25) is 4.79 Å². The van der Waals surface area contributed by atoms with Crippen LogP contribution in [0.5, 0.6) is 17.2 Å². The second-order valence-corrected chi connectivity index (χ2v) is 16.2. The smallest absolute Gasteiger partial charge is 0.336 e. The second kappa shape index (κ2) is 29.3. The summed E-state index contributed by atoms with van der Waals surface area (Å²) in [5.41, 5.74) is 9.56. The van der Waals surface area contributed by atoms with E-state index in [0.29, 0.717) is 33.3 Å². The van der Waals surface area contributed by atoms with Gasteiger partial charge < -0.3 is 35.2 Å². The number of aromatic carboxylic acids is 1. The van der Waals surface area contributed by atoms with Crippen molar-refractivity contribution in [2.24, 2.45) is 4.99 Å². The summed E-state index contributed by atoms with van der Waals surface area (Å²) >= 11 is 4.59. The number of benzene rings is 5. The minimum atomic E-state index is -1.14. The predicted molar refractivity (Wildman–Crippen MR) is 271 cm³/mol. The summed E-state index contributed by atoms with van der Waals surface area (Å²) in [5.74, 6) is 1.04. The van der Waals surface area contributed by atoms with Gasteiger partial charge in [-0.15, -0.1) is 0 Å². The van der Waals surface area contributed by atoms with Crippen molar-refractivity contribution in [2.45, 2.75) is 117 Å². The second-order valence-electron chi connectivity index (χ2n) is 16.0. The minimum Gasteiger partial charge on any atom is -0.508 e. The number of thiocarbonyl (C=S) groups is 1. The number of isothiocyanates is 1. The number of aliphatic imine (C=N–C) groups is 1. The molecule has 10 nitrogen and oxygen atoms in total. The Morgan fingerprint density at radius 3 is 1.77 bits per heavy atom. The van der Waals surface area contributed by atoms with Crippen LogP contribution in [0.25, 0.3) is 33.4 Å². The molecule has 11 heteroatoms. The summed E-state index contributed by atoms with van der Waals surface area (Å²) in [5, 5.41) is 25.5. The topological polar surface area (TPSA) is 157 Å². The zero-order valence-corrected chi connectivity index (χ0v) is 39.2. The molecule has 2 aliphatic rings. The number of anilines is 2. The van der Waals surface area contributed by atoms with E-state index in [2.05, 4.69) is 41.5 Å². The highest BCUT2D eigenvalue weighted by molar-refractivity contribution is 7.78. The highest BCUT2D eigenvalue weighted by atomic mass is 32.1. The number of ether oxygens (including phenoxy) is 2. The number of aromatic hydroxyl groups is 1. The number of hydrogen-bond donors (Lipinski definition) is 4. The van der Waals surface area contributed by atoms with Crippen molar-refractivity contribution in [2.75, 3.05) is 31.3 Å². The van der Waals surface area contributed by atoms with Crippen LogP contribution in [0.1, 0.15) is 127 Å². The predicted octanol–water partition coefficient (Wildman–Crippen LogP) is 14.7. The maximum Gasteiger partial charge on any atom is 0.336 e. The SMILES string of the molecule is CCCCCCCCCCOc1ccc(N)cc1.CCCCCCCCCCOc1ccc(NC)cc1.O=C(O)c1cc(N=C=S)ccc1-c1c2ccc(=O)cc-2oc2cc(O)ccc12. The summed E-state index contributed by atoms with van der Waals surface area (Å²) < 4.78 is 17.2. The molecule has 0 saturated heterocycles. The van der Waals surface area contributed by atoms with Crippen LogP contribution in [0.2, 0.25) is 0 Å². The van der Waals surface area contributed by atoms with Crippen LogP contribution in [0, 0.1) is 0 Å². The Balaban J connectivity index is 0.000000222. The van der Waals surface area contributed by atoms with Crippen LogP contribution in [0.3, 0.4) is 0 Å². The van der Waals surface area contributed by atoms with E-state index in [1.54, 1.807) is 24.3 Å². The van der Waals surface area contributed by atoms with E-state index in [1.165, 1.54) is 127 Å². The van der Waals surface area contributed by atoms with Gasteiger partial charge in [-0.05, 0) is 116 Å². The number of nitrogens with one attached hydrogen (secondary N) is 1. The van der Waals surface area contributed by atoms with Crippen LogP contribution in [0.4, 0.5) is 17.1 Å². The van der Waals surface area contributed by atoms with Crippen LogP contribution in [-0.4, -0.2) is 41.6 Å². The van der Waals surface area contributed by atoms with Crippen LogP contribution < -0.4 is 26.0 Å². The van der Waals surface area contributed by atoms with Crippen molar-refractivity contribution in [3.63, 3.8) is 0 Å². The molecule has 1 aliphatic carbocycles. The van der Waals surface area contributed by atoms with E-state index in [-0.39, 0.29) is 22.5 Å². The number of nitrogen functional groups attached to an aromatic ring is 1. The number of unbranched alkanes of at least 4 members (excludes halogenated alkanes) is 14. The number of phenolic OH excluding ortho intramolecular Hbond substituents is 1. The lowest BCUT2D eigenvalue weighted by Crippen LogP contribution is -2.03. The van der Waals surface area contributed by atoms with Crippen molar-refractivity contribution in [1.82, 2.24) is 0 Å². The Hall–Kier alpha value is -6.16. The normalized spacial score (nSPS) is 10.6. The van der Waals surface area contributed by atoms with E-state index in [1.807, 2.05) is 55.6 Å². The molecule has 0 fully saturated rings. The molecule has 4 aromatic rings. The van der Waals surface area contributed by atoms with Gasteiger partial charge in [0.15, 0.2) is 5.43 Å². The van der Waals surface area contributed by atoms with E-state index in [4.69, 9.17) is 19.6 Å². The standard InChI is InChI=1S/C21H11NO5S.C17H29NO.C16H27NO/c23-12-2-5-15-18(8-12)27-19-9-13(24)3-6-16(19)20(15)14-4-1-11(22-10-28)7-17(14)21(25)26;1-3-4-5-6-7-8-9-10-15-19-17-13-11-16(18-2)12-14-17;1-2-3-4-5-6-7-8-9-14-18-16-12-10-15(17)11-13-16/h1-9,23H,(H,25,26);11-14,18H,3-10,15H2,1-2H3;10-13H,2-9,14,17H2,1H3. The van der Waals surface area contributed by atoms with E-state index >= 15 is 0 Å². The first-order valence-corrected chi connectivity index (χ1v) is 23.6. The molecule has 4 aromatic carbocycles. The number of phenols is 1. The highest BCUT2D eigenvalue weighted by Gasteiger charge is 2.22. The Bertz CT molecular complexity index is 2390. The molecular formula is C54H67N3O7S. The molecule has 5 N–H and O–H groups in total. The highest BCUT2D eigenvalue weighted by Crippen LogP contribution is 2.42. The monoisotopic (exact) mass is 901 g/mol. The van der Waals surface area contributed by atoms with Gasteiger partial charge in [0.2, 0.25) is 0 Å². The molecule has 0 atom stereocenters. The Labute approximate surface area is 390 Å². The number of carboxylic acid groups (broad SMARTS) is 1. The third kappa shape index (κ3) is 18.1. The average Bonchev–Trinajstić information content (AvgIpc) is 3.31. The van der Waals surface area contributed by atoms with Gasteiger partial charge in [0.25, 0.3) is 0 Å². The lowest BCUT2D eigenvalue weighted by molar-refractivity contribution is 0.0697. The van der Waals surface area contributed by atoms with E-state index in [0.717, 1.165) is 42.5 Å². The lowest BCUT2D eigenvalue weighted by atomic mass is 9.90. The Morgan fingerprint density at radius 2 is 1.23 bits per heavy atom. The third-order valence-electron chi connectivity index (χ3n) is 10.9. The molecule has 346 valence electrons. The van der Waals surface area contributed by atoms with E-state index < -0.39 is 5.97 Å². The molecule has 0 aromatic heterocycles. The van der Waals surface area contributed by atoms with Crippen LogP contribution in [0.15, 0.2) is 117 Å². The maximum atomic E-state index is 11.9. The number of carboxylic acids is 1. The van der Waals surface area contributed by atoms with Crippen molar-refractivity contribution in [3.8, 4) is 39.7 Å². The first-order valence-electron chi connectivity index (χ1n) is 23.2. The third-order valence-corrected chi connectivity index (χ3v) is 11.0. The fraction of sp³-hybridized carbons (Fsp3) is 0.389. The number of hydrogen-bond acceptors (Lipinski definition) is 10. The largest absolute Gasteiger partial charge is 0.508 e. The van der Waals surface area contributed by atoms with Crippen LogP contribution in [-0.2, 0) is 0 Å². The molecule has 1 aliphatic heterocycles. The fourth-order valence-corrected chi connectivity index (χ4v) is 7.44. The number of nitrogens with zero attached hydrogens (tertiary/aromatic N) is 1. The zero-order chi connectivity index (χ0) is 46.7. The maximum absolute atomic E-state index is 11.9.